The first kappa shape index (κ1) is 25.5. The number of carbonyl (C=O) groups excluding carboxylic acids is 2. The summed E-state index contributed by atoms with van der Waals surface area (Å²) in [5.41, 5.74) is 0.754. The van der Waals surface area contributed by atoms with Gasteiger partial charge in [0.25, 0.3) is 0 Å². The fraction of sp³-hybridized carbons (Fsp3) is 0.458. The Morgan fingerprint density at radius 1 is 1.03 bits per heavy atom. The maximum absolute atomic E-state index is 12.4. The van der Waals surface area contributed by atoms with Crippen molar-refractivity contribution in [2.24, 2.45) is 0 Å². The quantitative estimate of drug-likeness (QED) is 0.571. The summed E-state index contributed by atoms with van der Waals surface area (Å²) < 4.78 is 17.4. The average Bonchev–Trinajstić information content (AvgIpc) is 2.93. The molecule has 0 saturated carbocycles. The molecule has 2 aromatic rings. The molecular formula is C24H33BN4O5. The third kappa shape index (κ3) is 6.71. The molecule has 3 rings (SSSR count). The summed E-state index contributed by atoms with van der Waals surface area (Å²) in [6.07, 6.45) is 0.999. The first-order valence-electron chi connectivity index (χ1n) is 11.2. The number of hydrogen-bond acceptors (Lipinski definition) is 6. The monoisotopic (exact) mass is 468 g/mol. The predicted molar refractivity (Wildman–Crippen MR) is 132 cm³/mol. The molecule has 1 aromatic carbocycles. The van der Waals surface area contributed by atoms with Gasteiger partial charge in [0.15, 0.2) is 0 Å². The summed E-state index contributed by atoms with van der Waals surface area (Å²) in [5, 5.41) is 8.18. The van der Waals surface area contributed by atoms with E-state index in [1.165, 1.54) is 0 Å². The van der Waals surface area contributed by atoms with Crippen LogP contribution in [0.5, 0.6) is 0 Å². The second kappa shape index (κ2) is 9.64. The predicted octanol–water partition coefficient (Wildman–Crippen LogP) is 4.05. The molecular weight excluding hydrogens is 435 g/mol. The maximum Gasteiger partial charge on any atom is 0.494 e. The zero-order chi connectivity index (χ0) is 25.1. The number of nitrogens with one attached hydrogen (secondary N) is 3. The number of carbonyl (C=O) groups is 2. The Balaban J connectivity index is 1.51. The number of aromatic nitrogens is 1. The Morgan fingerprint density at radius 2 is 1.71 bits per heavy atom. The van der Waals surface area contributed by atoms with Crippen LogP contribution in [0.1, 0.15) is 54.0 Å². The second-order valence-corrected chi connectivity index (χ2v) is 10.2. The van der Waals surface area contributed by atoms with E-state index in [-0.39, 0.29) is 12.6 Å². The summed E-state index contributed by atoms with van der Waals surface area (Å²) in [4.78, 5) is 28.4. The highest BCUT2D eigenvalue weighted by Crippen LogP contribution is 2.36. The van der Waals surface area contributed by atoms with Crippen LogP contribution in [0.15, 0.2) is 42.6 Å². The fourth-order valence-electron chi connectivity index (χ4n) is 3.11. The van der Waals surface area contributed by atoms with Crippen LogP contribution in [0.4, 0.5) is 21.1 Å². The molecule has 0 aliphatic carbocycles. The number of rotatable bonds is 5. The highest BCUT2D eigenvalue weighted by atomic mass is 16.7. The lowest BCUT2D eigenvalue weighted by Gasteiger charge is -2.32. The van der Waals surface area contributed by atoms with Gasteiger partial charge in [-0.1, -0.05) is 18.2 Å². The Hall–Kier alpha value is -3.11. The Morgan fingerprint density at radius 3 is 2.29 bits per heavy atom. The number of nitrogens with zero attached hydrogens (tertiary/aromatic N) is 1. The van der Waals surface area contributed by atoms with Crippen molar-refractivity contribution in [3.8, 4) is 0 Å². The smallest absolute Gasteiger partial charge is 0.444 e. The lowest BCUT2D eigenvalue weighted by Crippen LogP contribution is -2.41. The number of pyridine rings is 1. The molecule has 1 aliphatic rings. The zero-order valence-corrected chi connectivity index (χ0v) is 20.8. The molecule has 0 spiro atoms. The SMILES string of the molecule is CC(C)(C)OC(=O)Nc1ccc(CNC(=O)Nc2cccc(B3OC(C)(C)C(C)(C)O3)c2)cn1. The van der Waals surface area contributed by atoms with Gasteiger partial charge in [0, 0.05) is 18.4 Å². The number of anilines is 2. The summed E-state index contributed by atoms with van der Waals surface area (Å²) in [6.45, 7) is 13.6. The molecule has 182 valence electrons. The Labute approximate surface area is 201 Å². The summed E-state index contributed by atoms with van der Waals surface area (Å²) in [5.74, 6) is 0.363. The van der Waals surface area contributed by atoms with Crippen molar-refractivity contribution in [1.82, 2.24) is 10.3 Å². The molecule has 1 saturated heterocycles. The zero-order valence-electron chi connectivity index (χ0n) is 20.8. The fourth-order valence-corrected chi connectivity index (χ4v) is 3.11. The maximum atomic E-state index is 12.4. The van der Waals surface area contributed by atoms with Crippen molar-refractivity contribution < 1.29 is 23.6 Å². The number of urea groups is 1. The average molecular weight is 468 g/mol. The van der Waals surface area contributed by atoms with Crippen molar-refractivity contribution in [2.45, 2.75) is 71.8 Å². The summed E-state index contributed by atoms with van der Waals surface area (Å²) in [6, 6.07) is 10.4. The Kier molecular flexibility index (Phi) is 7.23. The van der Waals surface area contributed by atoms with Gasteiger partial charge in [0.1, 0.15) is 11.4 Å². The van der Waals surface area contributed by atoms with Gasteiger partial charge in [-0.25, -0.2) is 14.6 Å². The Bertz CT molecular complexity index is 1020. The summed E-state index contributed by atoms with van der Waals surface area (Å²) in [7, 11) is -0.506. The van der Waals surface area contributed by atoms with Crippen molar-refractivity contribution >= 4 is 36.2 Å². The van der Waals surface area contributed by atoms with E-state index >= 15 is 0 Å². The van der Waals surface area contributed by atoms with Gasteiger partial charge in [-0.3, -0.25) is 5.32 Å². The number of hydrogen-bond donors (Lipinski definition) is 3. The lowest BCUT2D eigenvalue weighted by molar-refractivity contribution is 0.00578. The van der Waals surface area contributed by atoms with Gasteiger partial charge in [-0.15, -0.1) is 0 Å². The van der Waals surface area contributed by atoms with E-state index in [2.05, 4.69) is 20.9 Å². The molecule has 1 fully saturated rings. The minimum Gasteiger partial charge on any atom is -0.444 e. The van der Waals surface area contributed by atoms with E-state index in [9.17, 15) is 9.59 Å². The highest BCUT2D eigenvalue weighted by Gasteiger charge is 2.51. The van der Waals surface area contributed by atoms with Crippen molar-refractivity contribution in [2.75, 3.05) is 10.6 Å². The molecule has 0 atom stereocenters. The van der Waals surface area contributed by atoms with Crippen LogP contribution in [0, 0.1) is 0 Å². The molecule has 9 nitrogen and oxygen atoms in total. The summed E-state index contributed by atoms with van der Waals surface area (Å²) >= 11 is 0. The molecule has 3 N–H and O–H groups in total. The number of benzene rings is 1. The molecule has 0 radical (unpaired) electrons. The van der Waals surface area contributed by atoms with Crippen molar-refractivity contribution in [3.63, 3.8) is 0 Å². The number of amides is 3. The van der Waals surface area contributed by atoms with Gasteiger partial charge >= 0.3 is 19.2 Å². The lowest BCUT2D eigenvalue weighted by atomic mass is 9.79. The van der Waals surface area contributed by atoms with Crippen LogP contribution in [0.2, 0.25) is 0 Å². The van der Waals surface area contributed by atoms with Gasteiger partial charge in [-0.2, -0.15) is 0 Å². The molecule has 0 unspecified atom stereocenters. The number of ether oxygens (including phenoxy) is 1. The minimum atomic E-state index is -0.592. The van der Waals surface area contributed by atoms with E-state index < -0.39 is 30.0 Å². The van der Waals surface area contributed by atoms with Crippen LogP contribution in [0.3, 0.4) is 0 Å². The van der Waals surface area contributed by atoms with Crippen LogP contribution >= 0.6 is 0 Å². The van der Waals surface area contributed by atoms with Gasteiger partial charge in [0.2, 0.25) is 0 Å². The largest absolute Gasteiger partial charge is 0.494 e. The van der Waals surface area contributed by atoms with Gasteiger partial charge in [0.05, 0.1) is 11.2 Å². The van der Waals surface area contributed by atoms with Crippen LogP contribution < -0.4 is 21.4 Å². The van der Waals surface area contributed by atoms with Crippen molar-refractivity contribution in [3.05, 3.63) is 48.2 Å². The first-order chi connectivity index (χ1) is 15.7. The molecule has 0 bridgehead atoms. The normalized spacial score (nSPS) is 16.6. The second-order valence-electron chi connectivity index (χ2n) is 10.2. The van der Waals surface area contributed by atoms with Crippen LogP contribution in [-0.4, -0.2) is 41.0 Å². The first-order valence-corrected chi connectivity index (χ1v) is 11.2. The highest BCUT2D eigenvalue weighted by molar-refractivity contribution is 6.62. The third-order valence-corrected chi connectivity index (χ3v) is 5.58. The van der Waals surface area contributed by atoms with Crippen molar-refractivity contribution in [1.29, 1.82) is 0 Å². The van der Waals surface area contributed by atoms with E-state index in [1.54, 1.807) is 45.2 Å². The van der Waals surface area contributed by atoms with Gasteiger partial charge in [-0.05, 0) is 77.7 Å². The van der Waals surface area contributed by atoms with E-state index in [0.29, 0.717) is 11.5 Å². The van der Waals surface area contributed by atoms with E-state index in [4.69, 9.17) is 14.0 Å². The molecule has 1 aliphatic heterocycles. The standard InChI is InChI=1S/C24H33BN4O5/c1-22(2,3)32-21(31)29-19-12-11-16(14-26-19)15-27-20(30)28-18-10-8-9-17(13-18)25-33-23(4,5)24(6,7)34-25/h8-14H,15H2,1-7H3,(H,26,29,31)(H2,27,28,30). The van der Waals surface area contributed by atoms with Crippen LogP contribution in [-0.2, 0) is 20.6 Å². The minimum absolute atomic E-state index is 0.266. The van der Waals surface area contributed by atoms with E-state index in [1.807, 2.05) is 45.9 Å². The molecule has 2 heterocycles. The van der Waals surface area contributed by atoms with E-state index in [0.717, 1.165) is 11.0 Å². The van der Waals surface area contributed by atoms with Crippen LogP contribution in [0.25, 0.3) is 0 Å². The molecule has 3 amide bonds. The molecule has 10 heteroatoms. The third-order valence-electron chi connectivity index (χ3n) is 5.58. The topological polar surface area (TPSA) is 111 Å². The molecule has 1 aromatic heterocycles. The molecule has 34 heavy (non-hydrogen) atoms. The van der Waals surface area contributed by atoms with Gasteiger partial charge < -0.3 is 24.7 Å².